The van der Waals surface area contributed by atoms with Crippen molar-refractivity contribution in [3.63, 3.8) is 0 Å². The Labute approximate surface area is 174 Å². The molecule has 1 atom stereocenters. The summed E-state index contributed by atoms with van der Waals surface area (Å²) in [5.74, 6) is 0.989. The number of para-hydroxylation sites is 3. The number of nitrogens with zero attached hydrogens (tertiary/aromatic N) is 2. The Morgan fingerprint density at radius 2 is 1.67 bits per heavy atom. The van der Waals surface area contributed by atoms with Crippen LogP contribution in [0.3, 0.4) is 0 Å². The highest BCUT2D eigenvalue weighted by atomic mass is 16.5. The Kier molecular flexibility index (Phi) is 4.88. The van der Waals surface area contributed by atoms with Crippen molar-refractivity contribution in [1.82, 2.24) is 4.90 Å². The van der Waals surface area contributed by atoms with Crippen LogP contribution in [0.15, 0.2) is 54.1 Å². The maximum absolute atomic E-state index is 13.4. The van der Waals surface area contributed by atoms with E-state index in [1.807, 2.05) is 48.5 Å². The van der Waals surface area contributed by atoms with Gasteiger partial charge in [-0.25, -0.2) is 0 Å². The zero-order valence-electron chi connectivity index (χ0n) is 16.5. The van der Waals surface area contributed by atoms with Gasteiger partial charge in [0, 0.05) is 18.7 Å². The van der Waals surface area contributed by atoms with E-state index in [2.05, 4.69) is 0 Å². The topological polar surface area (TPSA) is 68.3 Å². The maximum atomic E-state index is 13.4. The van der Waals surface area contributed by atoms with E-state index in [0.29, 0.717) is 43.3 Å². The molecule has 3 heterocycles. The standard InChI is InChI=1S/C23H22N2O5/c26-22(17-13-16-5-1-3-7-19(16)29-15-17)25-14-21(23(27)24-9-11-28-12-10-24)30-20-8-4-2-6-18(20)25/h1-8,13,21H,9-12,14-15H2/t21-/m0/s1. The molecule has 7 nitrogen and oxygen atoms in total. The number of rotatable bonds is 2. The van der Waals surface area contributed by atoms with Crippen molar-refractivity contribution in [1.29, 1.82) is 0 Å². The average Bonchev–Trinajstić information content (AvgIpc) is 2.82. The lowest BCUT2D eigenvalue weighted by atomic mass is 10.0. The zero-order valence-corrected chi connectivity index (χ0v) is 16.5. The van der Waals surface area contributed by atoms with Crippen molar-refractivity contribution in [2.75, 3.05) is 44.4 Å². The van der Waals surface area contributed by atoms with Gasteiger partial charge in [0.15, 0.2) is 6.10 Å². The number of hydrogen-bond acceptors (Lipinski definition) is 5. The van der Waals surface area contributed by atoms with Crippen molar-refractivity contribution < 1.29 is 23.8 Å². The van der Waals surface area contributed by atoms with E-state index in [1.165, 1.54) is 0 Å². The molecule has 5 rings (SSSR count). The van der Waals surface area contributed by atoms with Crippen LogP contribution in [-0.2, 0) is 14.3 Å². The van der Waals surface area contributed by atoms with Gasteiger partial charge in [-0.1, -0.05) is 30.3 Å². The van der Waals surface area contributed by atoms with E-state index in [1.54, 1.807) is 15.9 Å². The van der Waals surface area contributed by atoms with Crippen LogP contribution < -0.4 is 14.4 Å². The fourth-order valence-corrected chi connectivity index (χ4v) is 3.96. The molecule has 3 aliphatic heterocycles. The highest BCUT2D eigenvalue weighted by molar-refractivity contribution is 6.10. The second-order valence-electron chi connectivity index (χ2n) is 7.42. The number of hydrogen-bond donors (Lipinski definition) is 0. The van der Waals surface area contributed by atoms with E-state index < -0.39 is 6.10 Å². The van der Waals surface area contributed by atoms with E-state index in [0.717, 1.165) is 11.3 Å². The lowest BCUT2D eigenvalue weighted by molar-refractivity contribution is -0.142. The van der Waals surface area contributed by atoms with Gasteiger partial charge in [-0.2, -0.15) is 0 Å². The van der Waals surface area contributed by atoms with Crippen molar-refractivity contribution in [3.8, 4) is 11.5 Å². The third kappa shape index (κ3) is 3.41. The molecule has 0 saturated carbocycles. The monoisotopic (exact) mass is 406 g/mol. The van der Waals surface area contributed by atoms with E-state index >= 15 is 0 Å². The summed E-state index contributed by atoms with van der Waals surface area (Å²) in [7, 11) is 0. The Balaban J connectivity index is 1.44. The normalized spacial score (nSPS) is 20.3. The molecule has 0 spiro atoms. The molecular formula is C23H22N2O5. The summed E-state index contributed by atoms with van der Waals surface area (Å²) in [6.45, 7) is 2.44. The summed E-state index contributed by atoms with van der Waals surface area (Å²) in [6.07, 6.45) is 1.11. The molecule has 0 aliphatic carbocycles. The van der Waals surface area contributed by atoms with Gasteiger partial charge in [0.25, 0.3) is 11.8 Å². The molecule has 30 heavy (non-hydrogen) atoms. The number of ether oxygens (including phenoxy) is 3. The van der Waals surface area contributed by atoms with Gasteiger partial charge in [0.05, 0.1) is 31.0 Å². The van der Waals surface area contributed by atoms with Gasteiger partial charge in [-0.3, -0.25) is 9.59 Å². The first-order valence-corrected chi connectivity index (χ1v) is 10.1. The minimum absolute atomic E-state index is 0.121. The minimum atomic E-state index is -0.751. The number of morpholine rings is 1. The summed E-state index contributed by atoms with van der Waals surface area (Å²) in [5, 5.41) is 0. The van der Waals surface area contributed by atoms with Crippen molar-refractivity contribution in [2.45, 2.75) is 6.10 Å². The van der Waals surface area contributed by atoms with Crippen molar-refractivity contribution in [3.05, 3.63) is 59.7 Å². The lowest BCUT2D eigenvalue weighted by Gasteiger charge is -2.37. The highest BCUT2D eigenvalue weighted by Gasteiger charge is 2.37. The fourth-order valence-electron chi connectivity index (χ4n) is 3.96. The molecule has 0 N–H and O–H groups in total. The number of anilines is 1. The molecule has 2 amide bonds. The van der Waals surface area contributed by atoms with Gasteiger partial charge in [0.1, 0.15) is 18.1 Å². The molecule has 0 aromatic heterocycles. The van der Waals surface area contributed by atoms with E-state index in [-0.39, 0.29) is 25.0 Å². The highest BCUT2D eigenvalue weighted by Crippen LogP contribution is 2.35. The van der Waals surface area contributed by atoms with Crippen molar-refractivity contribution >= 4 is 23.6 Å². The smallest absolute Gasteiger partial charge is 0.265 e. The first kappa shape index (κ1) is 18.7. The number of benzene rings is 2. The first-order chi connectivity index (χ1) is 14.7. The predicted molar refractivity (Wildman–Crippen MR) is 111 cm³/mol. The predicted octanol–water partition coefficient (Wildman–Crippen LogP) is 2.12. The van der Waals surface area contributed by atoms with Crippen LogP contribution in [0.5, 0.6) is 11.5 Å². The van der Waals surface area contributed by atoms with Crippen LogP contribution in [0.25, 0.3) is 6.08 Å². The van der Waals surface area contributed by atoms with Crippen LogP contribution in [-0.4, -0.2) is 62.3 Å². The Bertz CT molecular complexity index is 1010. The second kappa shape index (κ2) is 7.84. The second-order valence-corrected chi connectivity index (χ2v) is 7.42. The molecule has 7 heteroatoms. The zero-order chi connectivity index (χ0) is 20.5. The van der Waals surface area contributed by atoms with Gasteiger partial charge < -0.3 is 24.0 Å². The van der Waals surface area contributed by atoms with Gasteiger partial charge in [0.2, 0.25) is 0 Å². The SMILES string of the molecule is O=C([C@@H]1CN(C(=O)C2=Cc3ccccc3OC2)c2ccccc2O1)N1CCOCC1. The molecule has 1 fully saturated rings. The molecule has 0 bridgehead atoms. The maximum Gasteiger partial charge on any atom is 0.265 e. The molecule has 0 radical (unpaired) electrons. The lowest BCUT2D eigenvalue weighted by Crippen LogP contribution is -2.54. The molecule has 1 saturated heterocycles. The average molecular weight is 406 g/mol. The molecule has 2 aromatic carbocycles. The largest absolute Gasteiger partial charge is 0.488 e. The van der Waals surface area contributed by atoms with Crippen molar-refractivity contribution in [2.24, 2.45) is 0 Å². The Morgan fingerprint density at radius 1 is 0.933 bits per heavy atom. The fraction of sp³-hybridized carbons (Fsp3) is 0.304. The quantitative estimate of drug-likeness (QED) is 0.764. The molecular weight excluding hydrogens is 384 g/mol. The Hall–Kier alpha value is -3.32. The summed E-state index contributed by atoms with van der Waals surface area (Å²) in [6, 6.07) is 14.9. The third-order valence-electron chi connectivity index (χ3n) is 5.52. The van der Waals surface area contributed by atoms with Crippen LogP contribution in [0.4, 0.5) is 5.69 Å². The van der Waals surface area contributed by atoms with Crippen LogP contribution in [0.2, 0.25) is 0 Å². The van der Waals surface area contributed by atoms with Gasteiger partial charge in [-0.05, 0) is 24.3 Å². The van der Waals surface area contributed by atoms with Gasteiger partial charge >= 0.3 is 0 Å². The van der Waals surface area contributed by atoms with Gasteiger partial charge in [-0.15, -0.1) is 0 Å². The number of carbonyl (C=O) groups is 2. The summed E-state index contributed by atoms with van der Waals surface area (Å²) in [4.78, 5) is 29.9. The summed E-state index contributed by atoms with van der Waals surface area (Å²) >= 11 is 0. The van der Waals surface area contributed by atoms with E-state index in [4.69, 9.17) is 14.2 Å². The molecule has 154 valence electrons. The molecule has 2 aromatic rings. The minimum Gasteiger partial charge on any atom is -0.488 e. The number of amides is 2. The third-order valence-corrected chi connectivity index (χ3v) is 5.52. The summed E-state index contributed by atoms with van der Waals surface area (Å²) < 4.78 is 17.1. The molecule has 3 aliphatic rings. The van der Waals surface area contributed by atoms with Crippen LogP contribution in [0, 0.1) is 0 Å². The van der Waals surface area contributed by atoms with Crippen LogP contribution >= 0.6 is 0 Å². The van der Waals surface area contributed by atoms with E-state index in [9.17, 15) is 9.59 Å². The first-order valence-electron chi connectivity index (χ1n) is 10.1. The Morgan fingerprint density at radius 3 is 2.50 bits per heavy atom. The van der Waals surface area contributed by atoms with Crippen LogP contribution in [0.1, 0.15) is 5.56 Å². The number of fused-ring (bicyclic) bond motifs is 2. The summed E-state index contributed by atoms with van der Waals surface area (Å²) in [5.41, 5.74) is 2.07. The number of carbonyl (C=O) groups excluding carboxylic acids is 2. The molecule has 0 unspecified atom stereocenters.